The van der Waals surface area contributed by atoms with Crippen LogP contribution in [0.15, 0.2) is 24.3 Å². The Balaban J connectivity index is 1.92. The second kappa shape index (κ2) is 6.52. The standard InChI is InChI=1S/C13H17NO2S2/c1-9(17-8-10(16)7-15)6-13-14-11-4-2-3-5-12(11)18-13/h2-5,9-10,15-16H,6-8H2,1H3/t9-,10+/m0/s1. The predicted octanol–water partition coefficient (Wildman–Crippen LogP) is 2.31. The van der Waals surface area contributed by atoms with Crippen LogP contribution in [0.3, 0.4) is 0 Å². The molecule has 0 aliphatic heterocycles. The van der Waals surface area contributed by atoms with Gasteiger partial charge in [-0.3, -0.25) is 0 Å². The fraction of sp³-hybridized carbons (Fsp3) is 0.462. The van der Waals surface area contributed by atoms with E-state index in [-0.39, 0.29) is 6.61 Å². The third-order valence-electron chi connectivity index (χ3n) is 2.58. The summed E-state index contributed by atoms with van der Waals surface area (Å²) in [5.41, 5.74) is 1.06. The van der Waals surface area contributed by atoms with Crippen molar-refractivity contribution in [2.75, 3.05) is 12.4 Å². The van der Waals surface area contributed by atoms with Gasteiger partial charge in [0.2, 0.25) is 0 Å². The molecule has 98 valence electrons. The van der Waals surface area contributed by atoms with Crippen LogP contribution in [0.4, 0.5) is 0 Å². The number of aromatic nitrogens is 1. The van der Waals surface area contributed by atoms with Crippen molar-refractivity contribution < 1.29 is 10.2 Å². The molecule has 0 aliphatic carbocycles. The van der Waals surface area contributed by atoms with Crippen molar-refractivity contribution in [3.8, 4) is 0 Å². The number of benzene rings is 1. The van der Waals surface area contributed by atoms with E-state index >= 15 is 0 Å². The monoisotopic (exact) mass is 283 g/mol. The van der Waals surface area contributed by atoms with E-state index in [0.29, 0.717) is 11.0 Å². The lowest BCUT2D eigenvalue weighted by Crippen LogP contribution is -2.17. The van der Waals surface area contributed by atoms with E-state index in [1.165, 1.54) is 4.70 Å². The number of hydrogen-bond acceptors (Lipinski definition) is 5. The van der Waals surface area contributed by atoms with E-state index in [9.17, 15) is 5.11 Å². The third-order valence-corrected chi connectivity index (χ3v) is 4.96. The second-order valence-electron chi connectivity index (χ2n) is 4.26. The topological polar surface area (TPSA) is 53.4 Å². The van der Waals surface area contributed by atoms with Crippen LogP contribution in [0.25, 0.3) is 10.2 Å². The third kappa shape index (κ3) is 3.68. The van der Waals surface area contributed by atoms with Gasteiger partial charge in [0.15, 0.2) is 0 Å². The Morgan fingerprint density at radius 3 is 2.89 bits per heavy atom. The molecule has 2 aromatic rings. The largest absolute Gasteiger partial charge is 0.394 e. The van der Waals surface area contributed by atoms with Crippen LogP contribution in [0.5, 0.6) is 0 Å². The van der Waals surface area contributed by atoms with E-state index in [2.05, 4.69) is 18.0 Å². The average molecular weight is 283 g/mol. The van der Waals surface area contributed by atoms with Crippen LogP contribution in [0.1, 0.15) is 11.9 Å². The van der Waals surface area contributed by atoms with E-state index in [0.717, 1.165) is 16.9 Å². The smallest absolute Gasteiger partial charge is 0.0949 e. The minimum Gasteiger partial charge on any atom is -0.394 e. The first-order chi connectivity index (χ1) is 8.69. The van der Waals surface area contributed by atoms with Crippen LogP contribution in [-0.2, 0) is 6.42 Å². The van der Waals surface area contributed by atoms with Crippen molar-refractivity contribution in [1.29, 1.82) is 0 Å². The maximum atomic E-state index is 9.30. The van der Waals surface area contributed by atoms with Gasteiger partial charge in [0.25, 0.3) is 0 Å². The van der Waals surface area contributed by atoms with Gasteiger partial charge in [0.05, 0.1) is 27.9 Å². The van der Waals surface area contributed by atoms with Crippen LogP contribution in [-0.4, -0.2) is 38.9 Å². The van der Waals surface area contributed by atoms with Gasteiger partial charge in [-0.15, -0.1) is 11.3 Å². The molecular formula is C13H17NO2S2. The fourth-order valence-electron chi connectivity index (χ4n) is 1.64. The number of aliphatic hydroxyl groups excluding tert-OH is 2. The number of rotatable bonds is 6. The number of fused-ring (bicyclic) bond motifs is 1. The molecule has 0 saturated heterocycles. The summed E-state index contributed by atoms with van der Waals surface area (Å²) in [4.78, 5) is 4.59. The zero-order chi connectivity index (χ0) is 13.0. The summed E-state index contributed by atoms with van der Waals surface area (Å²) in [5, 5.41) is 19.6. The van der Waals surface area contributed by atoms with Gasteiger partial charge in [-0.2, -0.15) is 11.8 Å². The zero-order valence-corrected chi connectivity index (χ0v) is 11.9. The number of thiazole rings is 1. The minimum atomic E-state index is -0.618. The van der Waals surface area contributed by atoms with Crippen molar-refractivity contribution in [2.45, 2.75) is 24.7 Å². The quantitative estimate of drug-likeness (QED) is 0.854. The Bertz CT molecular complexity index is 467. The van der Waals surface area contributed by atoms with Crippen LogP contribution >= 0.6 is 23.1 Å². The van der Waals surface area contributed by atoms with Crippen LogP contribution in [0.2, 0.25) is 0 Å². The predicted molar refractivity (Wildman–Crippen MR) is 78.3 cm³/mol. The molecule has 2 atom stereocenters. The number of para-hydroxylation sites is 1. The molecule has 1 aromatic carbocycles. The van der Waals surface area contributed by atoms with Gasteiger partial charge < -0.3 is 10.2 Å². The highest BCUT2D eigenvalue weighted by molar-refractivity contribution is 7.99. The Labute approximate surface area is 115 Å². The van der Waals surface area contributed by atoms with E-state index in [1.807, 2.05) is 18.2 Å². The molecule has 0 amide bonds. The molecule has 0 saturated carbocycles. The lowest BCUT2D eigenvalue weighted by Gasteiger charge is -2.11. The summed E-state index contributed by atoms with van der Waals surface area (Å²) in [6.07, 6.45) is 0.287. The normalized spacial score (nSPS) is 14.8. The first kappa shape index (κ1) is 13.8. The molecule has 0 bridgehead atoms. The molecule has 0 spiro atoms. The first-order valence-electron chi connectivity index (χ1n) is 5.94. The summed E-state index contributed by atoms with van der Waals surface area (Å²) in [5.74, 6) is 0.572. The van der Waals surface area contributed by atoms with Crippen molar-refractivity contribution in [3.63, 3.8) is 0 Å². The molecule has 2 rings (SSSR count). The molecule has 0 unspecified atom stereocenters. The molecule has 0 aliphatic rings. The van der Waals surface area contributed by atoms with E-state index in [4.69, 9.17) is 5.11 Å². The summed E-state index contributed by atoms with van der Waals surface area (Å²) in [6.45, 7) is 1.96. The Hall–Kier alpha value is -0.620. The van der Waals surface area contributed by atoms with Gasteiger partial charge >= 0.3 is 0 Å². The molecule has 1 heterocycles. The van der Waals surface area contributed by atoms with Gasteiger partial charge in [0.1, 0.15) is 0 Å². The number of nitrogens with zero attached hydrogens (tertiary/aromatic N) is 1. The zero-order valence-electron chi connectivity index (χ0n) is 10.2. The van der Waals surface area contributed by atoms with Gasteiger partial charge in [-0.1, -0.05) is 19.1 Å². The van der Waals surface area contributed by atoms with Gasteiger partial charge in [-0.05, 0) is 12.1 Å². The molecule has 3 nitrogen and oxygen atoms in total. The van der Waals surface area contributed by atoms with E-state index < -0.39 is 6.10 Å². The Kier molecular flexibility index (Phi) is 5.00. The Morgan fingerprint density at radius 2 is 2.17 bits per heavy atom. The molecule has 5 heteroatoms. The van der Waals surface area contributed by atoms with Crippen molar-refractivity contribution in [3.05, 3.63) is 29.3 Å². The van der Waals surface area contributed by atoms with Crippen LogP contribution < -0.4 is 0 Å². The molecule has 0 fully saturated rings. The number of hydrogen-bond donors (Lipinski definition) is 2. The molecule has 2 N–H and O–H groups in total. The maximum Gasteiger partial charge on any atom is 0.0949 e. The highest BCUT2D eigenvalue weighted by Gasteiger charge is 2.11. The lowest BCUT2D eigenvalue weighted by molar-refractivity contribution is 0.113. The molecule has 0 radical (unpaired) electrons. The second-order valence-corrected chi connectivity index (χ2v) is 6.85. The number of thioether (sulfide) groups is 1. The van der Waals surface area contributed by atoms with Crippen molar-refractivity contribution in [1.82, 2.24) is 4.98 Å². The lowest BCUT2D eigenvalue weighted by atomic mass is 10.3. The van der Waals surface area contributed by atoms with Gasteiger partial charge in [-0.25, -0.2) is 4.98 Å². The first-order valence-corrected chi connectivity index (χ1v) is 7.80. The summed E-state index contributed by atoms with van der Waals surface area (Å²) in [6, 6.07) is 8.15. The molecule has 18 heavy (non-hydrogen) atoms. The summed E-state index contributed by atoms with van der Waals surface area (Å²) >= 11 is 3.40. The number of aliphatic hydroxyl groups is 2. The van der Waals surface area contributed by atoms with Crippen LogP contribution in [0, 0.1) is 0 Å². The Morgan fingerprint density at radius 1 is 1.39 bits per heavy atom. The maximum absolute atomic E-state index is 9.30. The van der Waals surface area contributed by atoms with E-state index in [1.54, 1.807) is 23.1 Å². The average Bonchev–Trinajstić information content (AvgIpc) is 2.77. The fourth-order valence-corrected chi connectivity index (χ4v) is 3.77. The van der Waals surface area contributed by atoms with Crippen molar-refractivity contribution in [2.24, 2.45) is 0 Å². The summed E-state index contributed by atoms with van der Waals surface area (Å²) in [7, 11) is 0. The van der Waals surface area contributed by atoms with Gasteiger partial charge in [0, 0.05) is 17.4 Å². The highest BCUT2D eigenvalue weighted by Crippen LogP contribution is 2.25. The molecular weight excluding hydrogens is 266 g/mol. The van der Waals surface area contributed by atoms with Crippen molar-refractivity contribution >= 4 is 33.3 Å². The SMILES string of the molecule is C[C@@H](Cc1nc2ccccc2s1)SC[C@H](O)CO. The summed E-state index contributed by atoms with van der Waals surface area (Å²) < 4.78 is 1.22. The highest BCUT2D eigenvalue weighted by atomic mass is 32.2. The molecule has 1 aromatic heterocycles. The minimum absolute atomic E-state index is 0.166.